The lowest BCUT2D eigenvalue weighted by Gasteiger charge is -2.21. The Morgan fingerprint density at radius 1 is 0.953 bits per heavy atom. The van der Waals surface area contributed by atoms with Gasteiger partial charge in [0.2, 0.25) is 6.54 Å². The highest BCUT2D eigenvalue weighted by Gasteiger charge is 2.40. The summed E-state index contributed by atoms with van der Waals surface area (Å²) in [5.41, 5.74) is 2.01. The van der Waals surface area contributed by atoms with Crippen LogP contribution in [0.1, 0.15) is 56.9 Å². The molecule has 2 unspecified atom stereocenters. The van der Waals surface area contributed by atoms with Gasteiger partial charge in [-0.05, 0) is 56.9 Å². The first-order valence-electron chi connectivity index (χ1n) is 13.8. The second-order valence-corrected chi connectivity index (χ2v) is 12.2. The van der Waals surface area contributed by atoms with Crippen LogP contribution in [-0.2, 0) is 14.0 Å². The van der Waals surface area contributed by atoms with Crippen molar-refractivity contribution in [2.24, 2.45) is 0 Å². The molecule has 12 nitrogen and oxygen atoms in total. The van der Waals surface area contributed by atoms with Crippen LogP contribution in [-0.4, -0.2) is 77.9 Å². The fraction of sp³-hybridized carbons (Fsp3) is 0.519. The van der Waals surface area contributed by atoms with Gasteiger partial charge in [-0.2, -0.15) is 0 Å². The van der Waals surface area contributed by atoms with Crippen LogP contribution in [0.4, 0.5) is 4.79 Å². The maximum Gasteiger partial charge on any atom is 0.496 e. The number of alkyl carbamates (subject to hydrolysis) is 1. The molecule has 1 amide bonds. The second-order valence-electron chi connectivity index (χ2n) is 10.7. The van der Waals surface area contributed by atoms with Gasteiger partial charge in [0.15, 0.2) is 0 Å². The van der Waals surface area contributed by atoms with Gasteiger partial charge in [0.05, 0.1) is 19.3 Å². The predicted octanol–water partition coefficient (Wildman–Crippen LogP) is 3.02. The molecule has 0 saturated heterocycles. The Morgan fingerprint density at radius 3 is 1.91 bits per heavy atom. The minimum absolute atomic E-state index is 0.212. The Hall–Kier alpha value is -2.36. The minimum atomic E-state index is -1.17. The van der Waals surface area contributed by atoms with Gasteiger partial charge in [0.1, 0.15) is 23.2 Å². The maximum absolute atomic E-state index is 11.8. The number of carbonyl (C=O) groups is 1. The summed E-state index contributed by atoms with van der Waals surface area (Å²) in [5.74, 6) is 1.14. The van der Waals surface area contributed by atoms with Crippen LogP contribution >= 0.6 is 31.9 Å². The van der Waals surface area contributed by atoms with Crippen LogP contribution in [0.5, 0.6) is 11.5 Å². The van der Waals surface area contributed by atoms with E-state index in [0.717, 1.165) is 29.1 Å². The minimum Gasteiger partial charge on any atom is -0.494 e. The Bertz CT molecular complexity index is 1240. The van der Waals surface area contributed by atoms with Crippen molar-refractivity contribution in [3.05, 3.63) is 57.6 Å². The van der Waals surface area contributed by atoms with Crippen LogP contribution < -0.4 is 25.7 Å². The molecule has 3 N–H and O–H groups in total. The number of halogens is 2. The van der Waals surface area contributed by atoms with Gasteiger partial charge in [0, 0.05) is 33.1 Å². The number of fused-ring (bicyclic) bond motifs is 2. The average Bonchev–Trinajstić information content (AvgIpc) is 3.43. The molecule has 2 aromatic carbocycles. The highest BCUT2D eigenvalue weighted by Crippen LogP contribution is 2.29. The van der Waals surface area contributed by atoms with E-state index in [4.69, 9.17) is 23.5 Å². The Morgan fingerprint density at radius 2 is 1.44 bits per heavy atom. The lowest BCUT2D eigenvalue weighted by molar-refractivity contribution is -0.490. The average molecular weight is 730 g/mol. The zero-order valence-electron chi connectivity index (χ0n) is 24.3. The van der Waals surface area contributed by atoms with Crippen LogP contribution in [0.25, 0.3) is 0 Å². The highest BCUT2D eigenvalue weighted by molar-refractivity contribution is 9.09. The summed E-state index contributed by atoms with van der Waals surface area (Å²) < 4.78 is 27.3. The van der Waals surface area contributed by atoms with Gasteiger partial charge >= 0.3 is 20.3 Å². The first-order chi connectivity index (χ1) is 20.4. The number of nitrogens with one attached hydrogen (secondary N) is 1. The molecular formula is C27H36B2Br2N2O10. The first-order valence-corrected chi connectivity index (χ1v) is 16.1. The third kappa shape index (κ3) is 10.4. The van der Waals surface area contributed by atoms with Gasteiger partial charge < -0.3 is 38.9 Å². The summed E-state index contributed by atoms with van der Waals surface area (Å²) in [6.07, 6.45) is 0.0177. The predicted molar refractivity (Wildman–Crippen MR) is 170 cm³/mol. The summed E-state index contributed by atoms with van der Waals surface area (Å²) in [6.45, 7) is 6.30. The number of nitrogens with zero attached hydrogens (tertiary/aromatic N) is 1. The lowest BCUT2D eigenvalue weighted by atomic mass is 9.78. The van der Waals surface area contributed by atoms with Crippen molar-refractivity contribution in [1.82, 2.24) is 5.32 Å². The molecule has 0 aromatic heterocycles. The Labute approximate surface area is 268 Å². The highest BCUT2D eigenvalue weighted by atomic mass is 79.9. The third-order valence-corrected chi connectivity index (χ3v) is 7.31. The van der Waals surface area contributed by atoms with Crippen molar-refractivity contribution in [2.75, 3.05) is 37.0 Å². The largest absolute Gasteiger partial charge is 0.496 e. The molecule has 4 rings (SSSR count). The summed E-state index contributed by atoms with van der Waals surface area (Å²) in [7, 11) is -2.23. The summed E-state index contributed by atoms with van der Waals surface area (Å²) in [6, 6.07) is 10.7. The van der Waals surface area contributed by atoms with Gasteiger partial charge in [-0.1, -0.05) is 56.1 Å². The number of ether oxygens (including phenoxy) is 3. The standard InChI is InChI=1S/C16H23BBrNO5.C11H13BBrNO5/c1-16(2,3)23-15(20)19-10-13-11-6-4-7-12(22-9-5-8-18)14(11)17(21)24-13;13-5-2-6-18-9-4-1-3-8-10(7-14(16)17)19-12(15)11(8)9/h4,6-7,13,21H,5,8-10H2,1-3H3,(H,19,20);1,3-4,10,15H,2,5-7H2. The summed E-state index contributed by atoms with van der Waals surface area (Å²) in [4.78, 5) is 21.9. The molecule has 2 aromatic rings. The van der Waals surface area contributed by atoms with Crippen molar-refractivity contribution >= 4 is 63.1 Å². The van der Waals surface area contributed by atoms with Crippen molar-refractivity contribution in [3.8, 4) is 11.5 Å². The number of nitro groups is 1. The zero-order chi connectivity index (χ0) is 31.6. The van der Waals surface area contributed by atoms with Crippen LogP contribution in [0.3, 0.4) is 0 Å². The molecule has 0 bridgehead atoms. The Balaban J connectivity index is 0.000000242. The molecule has 2 aliphatic heterocycles. The van der Waals surface area contributed by atoms with Gasteiger partial charge in [-0.3, -0.25) is 10.1 Å². The Kier molecular flexibility index (Phi) is 13.6. The SMILES string of the molecule is CC(C)(C)OC(=O)NCC1OB(O)c2c(OCCCBr)cccc21.O=[N+]([O-])CC1OB(O)c2c(OCCCBr)cccc21. The van der Waals surface area contributed by atoms with E-state index >= 15 is 0 Å². The number of hydrogen-bond donors (Lipinski definition) is 3. The van der Waals surface area contributed by atoms with E-state index in [1.54, 1.807) is 39.0 Å². The monoisotopic (exact) mass is 728 g/mol. The molecule has 2 aliphatic rings. The fourth-order valence-corrected chi connectivity index (χ4v) is 4.91. The molecule has 0 saturated carbocycles. The third-order valence-electron chi connectivity index (χ3n) is 6.19. The maximum atomic E-state index is 11.8. The molecule has 43 heavy (non-hydrogen) atoms. The van der Waals surface area contributed by atoms with E-state index in [0.29, 0.717) is 41.2 Å². The van der Waals surface area contributed by atoms with E-state index in [1.807, 2.05) is 18.2 Å². The van der Waals surface area contributed by atoms with Crippen molar-refractivity contribution in [2.45, 2.75) is 51.4 Å². The van der Waals surface area contributed by atoms with Crippen molar-refractivity contribution in [3.63, 3.8) is 0 Å². The quantitative estimate of drug-likeness (QED) is 0.0976. The van der Waals surface area contributed by atoms with Crippen molar-refractivity contribution < 1.29 is 43.3 Å². The van der Waals surface area contributed by atoms with Crippen molar-refractivity contribution in [1.29, 1.82) is 0 Å². The molecule has 16 heteroatoms. The number of amides is 1. The van der Waals surface area contributed by atoms with E-state index in [1.165, 1.54) is 0 Å². The smallest absolute Gasteiger partial charge is 0.494 e. The van der Waals surface area contributed by atoms with E-state index in [2.05, 4.69) is 37.2 Å². The molecular weight excluding hydrogens is 694 g/mol. The number of alkyl halides is 2. The second kappa shape index (κ2) is 16.6. The van der Waals surface area contributed by atoms with Gasteiger partial charge in [0.25, 0.3) is 0 Å². The fourth-order valence-electron chi connectivity index (χ4n) is 4.46. The molecule has 0 radical (unpaired) electrons. The zero-order valence-corrected chi connectivity index (χ0v) is 27.5. The number of hydrogen-bond acceptors (Lipinski definition) is 10. The normalized spacial score (nSPS) is 17.0. The van der Waals surface area contributed by atoms with Gasteiger partial charge in [-0.15, -0.1) is 0 Å². The van der Waals surface area contributed by atoms with E-state index < -0.39 is 43.1 Å². The topological polar surface area (TPSA) is 159 Å². The molecule has 234 valence electrons. The number of benzene rings is 2. The molecule has 0 aliphatic carbocycles. The van der Waals surface area contributed by atoms with Crippen LogP contribution in [0.2, 0.25) is 0 Å². The molecule has 0 spiro atoms. The molecule has 2 atom stereocenters. The summed E-state index contributed by atoms with van der Waals surface area (Å²) >= 11 is 6.66. The summed E-state index contributed by atoms with van der Waals surface area (Å²) in [5, 5.41) is 35.0. The molecule has 2 heterocycles. The van der Waals surface area contributed by atoms with Crippen LogP contribution in [0.15, 0.2) is 36.4 Å². The van der Waals surface area contributed by atoms with E-state index in [9.17, 15) is 25.0 Å². The lowest BCUT2D eigenvalue weighted by Crippen LogP contribution is -2.35. The van der Waals surface area contributed by atoms with Gasteiger partial charge in [-0.25, -0.2) is 4.79 Å². The first kappa shape index (κ1) is 35.1. The van der Waals surface area contributed by atoms with Crippen LogP contribution in [0, 0.1) is 10.1 Å². The van der Waals surface area contributed by atoms with E-state index in [-0.39, 0.29) is 13.1 Å². The molecule has 0 fully saturated rings. The number of rotatable bonds is 12. The number of carbonyl (C=O) groups excluding carboxylic acids is 1.